The summed E-state index contributed by atoms with van der Waals surface area (Å²) in [5, 5.41) is 10.7. The van der Waals surface area contributed by atoms with Crippen LogP contribution in [0.2, 0.25) is 5.02 Å². The van der Waals surface area contributed by atoms with E-state index in [0.29, 0.717) is 28.0 Å². The van der Waals surface area contributed by atoms with Crippen molar-refractivity contribution in [1.82, 2.24) is 4.98 Å². The van der Waals surface area contributed by atoms with E-state index in [9.17, 15) is 5.26 Å². The summed E-state index contributed by atoms with van der Waals surface area (Å²) >= 11 is 7.70. The second-order valence-electron chi connectivity index (χ2n) is 4.78. The molecular weight excluding hydrogens is 328 g/mol. The molecule has 3 rings (SSSR count). The highest BCUT2D eigenvalue weighted by atomic mass is 35.5. The van der Waals surface area contributed by atoms with Crippen molar-refractivity contribution in [2.24, 2.45) is 0 Å². The number of aromatic nitrogens is 1. The fourth-order valence-corrected chi connectivity index (χ4v) is 3.35. The van der Waals surface area contributed by atoms with Crippen LogP contribution in [0.25, 0.3) is 21.9 Å². The third-order valence-corrected chi connectivity index (χ3v) is 4.58. The lowest BCUT2D eigenvalue weighted by Gasteiger charge is -2.05. The minimum Gasteiger partial charge on any atom is -0.492 e. The van der Waals surface area contributed by atoms with E-state index in [1.165, 1.54) is 11.3 Å². The largest absolute Gasteiger partial charge is 0.492 e. The van der Waals surface area contributed by atoms with Crippen molar-refractivity contribution >= 4 is 44.8 Å². The number of thiazole rings is 1. The average Bonchev–Trinajstić information content (AvgIpc) is 2.99. The molecule has 0 aliphatic carbocycles. The van der Waals surface area contributed by atoms with Gasteiger partial charge in [-0.15, -0.1) is 11.3 Å². The molecular formula is C18H13ClN2OS. The topological polar surface area (TPSA) is 45.9 Å². The van der Waals surface area contributed by atoms with Gasteiger partial charge >= 0.3 is 0 Å². The van der Waals surface area contributed by atoms with Crippen LogP contribution in [0.15, 0.2) is 42.5 Å². The van der Waals surface area contributed by atoms with Crippen molar-refractivity contribution in [2.75, 3.05) is 6.61 Å². The molecule has 0 atom stereocenters. The van der Waals surface area contributed by atoms with E-state index in [0.717, 1.165) is 15.8 Å². The van der Waals surface area contributed by atoms with Gasteiger partial charge in [-0.1, -0.05) is 29.8 Å². The predicted octanol–water partition coefficient (Wildman–Crippen LogP) is 5.41. The minimum absolute atomic E-state index is 0.520. The normalized spacial score (nSPS) is 11.4. The number of nitrogens with zero attached hydrogens (tertiary/aromatic N) is 2. The molecule has 0 fully saturated rings. The first-order chi connectivity index (χ1) is 11.2. The Labute approximate surface area is 143 Å². The molecule has 0 amide bonds. The number of halogens is 1. The molecule has 0 spiro atoms. The minimum atomic E-state index is 0.520. The molecule has 0 saturated heterocycles. The lowest BCUT2D eigenvalue weighted by atomic mass is 10.1. The molecule has 0 radical (unpaired) electrons. The number of benzene rings is 2. The summed E-state index contributed by atoms with van der Waals surface area (Å²) in [5.41, 5.74) is 2.26. The van der Waals surface area contributed by atoms with E-state index in [4.69, 9.17) is 16.3 Å². The summed E-state index contributed by atoms with van der Waals surface area (Å²) in [6, 6.07) is 15.5. The molecule has 0 bridgehead atoms. The Morgan fingerprint density at radius 2 is 2.17 bits per heavy atom. The van der Waals surface area contributed by atoms with Gasteiger partial charge in [-0.2, -0.15) is 5.26 Å². The molecule has 5 heteroatoms. The maximum Gasteiger partial charge on any atom is 0.137 e. The molecule has 3 nitrogen and oxygen atoms in total. The molecule has 2 aromatic carbocycles. The number of fused-ring (bicyclic) bond motifs is 1. The Balaban J connectivity index is 1.98. The molecule has 3 aromatic rings. The van der Waals surface area contributed by atoms with Crippen molar-refractivity contribution < 1.29 is 4.74 Å². The summed E-state index contributed by atoms with van der Waals surface area (Å²) in [7, 11) is 0. The van der Waals surface area contributed by atoms with Gasteiger partial charge in [0.2, 0.25) is 0 Å². The van der Waals surface area contributed by atoms with E-state index in [1.807, 2.05) is 43.3 Å². The molecule has 0 saturated carbocycles. The lowest BCUT2D eigenvalue weighted by molar-refractivity contribution is 0.340. The molecule has 114 valence electrons. The van der Waals surface area contributed by atoms with Gasteiger partial charge in [0.25, 0.3) is 0 Å². The SMILES string of the molecule is CCOc1ccc(C=C(C#N)c2nc3ccccc3s2)cc1Cl. The van der Waals surface area contributed by atoms with Crippen molar-refractivity contribution in [2.45, 2.75) is 6.92 Å². The maximum atomic E-state index is 9.46. The van der Waals surface area contributed by atoms with Gasteiger partial charge in [0.15, 0.2) is 0 Å². The van der Waals surface area contributed by atoms with E-state index in [-0.39, 0.29) is 0 Å². The van der Waals surface area contributed by atoms with Crippen molar-refractivity contribution in [3.05, 3.63) is 58.1 Å². The zero-order valence-electron chi connectivity index (χ0n) is 12.4. The quantitative estimate of drug-likeness (QED) is 0.596. The first-order valence-electron chi connectivity index (χ1n) is 7.11. The van der Waals surface area contributed by atoms with Crippen LogP contribution in [0.5, 0.6) is 5.75 Å². The van der Waals surface area contributed by atoms with Gasteiger partial charge in [-0.25, -0.2) is 4.98 Å². The van der Waals surface area contributed by atoms with Crippen LogP contribution in [0.3, 0.4) is 0 Å². The Morgan fingerprint density at radius 1 is 1.35 bits per heavy atom. The first kappa shape index (κ1) is 15.5. The predicted molar refractivity (Wildman–Crippen MR) is 95.7 cm³/mol. The Bertz CT molecular complexity index is 891. The third kappa shape index (κ3) is 3.37. The van der Waals surface area contributed by atoms with Crippen LogP contribution in [-0.2, 0) is 0 Å². The highest BCUT2D eigenvalue weighted by molar-refractivity contribution is 7.19. The fourth-order valence-electron chi connectivity index (χ4n) is 2.18. The summed E-state index contributed by atoms with van der Waals surface area (Å²) in [5.74, 6) is 0.643. The number of para-hydroxylation sites is 1. The van der Waals surface area contributed by atoms with Gasteiger partial charge in [-0.05, 0) is 42.8 Å². The van der Waals surface area contributed by atoms with E-state index in [2.05, 4.69) is 11.1 Å². The summed E-state index contributed by atoms with van der Waals surface area (Å²) in [4.78, 5) is 4.52. The lowest BCUT2D eigenvalue weighted by Crippen LogP contribution is -1.92. The second-order valence-corrected chi connectivity index (χ2v) is 6.22. The van der Waals surface area contributed by atoms with Crippen LogP contribution >= 0.6 is 22.9 Å². The molecule has 1 aromatic heterocycles. The van der Waals surface area contributed by atoms with Crippen molar-refractivity contribution in [3.8, 4) is 11.8 Å². The average molecular weight is 341 g/mol. The van der Waals surface area contributed by atoms with Crippen LogP contribution in [0, 0.1) is 11.3 Å². The number of nitriles is 1. The highest BCUT2D eigenvalue weighted by Crippen LogP contribution is 2.30. The van der Waals surface area contributed by atoms with Gasteiger partial charge in [0.05, 0.1) is 27.4 Å². The fraction of sp³-hybridized carbons (Fsp3) is 0.111. The zero-order valence-corrected chi connectivity index (χ0v) is 14.0. The van der Waals surface area contributed by atoms with Gasteiger partial charge in [0, 0.05) is 0 Å². The molecule has 0 aliphatic rings. The van der Waals surface area contributed by atoms with Gasteiger partial charge in [-0.3, -0.25) is 0 Å². The molecule has 0 unspecified atom stereocenters. The number of allylic oxidation sites excluding steroid dienone is 1. The monoisotopic (exact) mass is 340 g/mol. The van der Waals surface area contributed by atoms with Crippen LogP contribution < -0.4 is 4.74 Å². The molecule has 0 aliphatic heterocycles. The zero-order chi connectivity index (χ0) is 16.2. The van der Waals surface area contributed by atoms with Crippen molar-refractivity contribution in [3.63, 3.8) is 0 Å². The number of rotatable bonds is 4. The molecule has 23 heavy (non-hydrogen) atoms. The standard InChI is InChI=1S/C18H13ClN2OS/c1-2-22-16-8-7-12(10-14(16)19)9-13(11-20)18-21-15-5-3-4-6-17(15)23-18/h3-10H,2H2,1H3. The summed E-state index contributed by atoms with van der Waals surface area (Å²) in [6.45, 7) is 2.47. The molecule has 1 heterocycles. The Hall–Kier alpha value is -2.35. The third-order valence-electron chi connectivity index (χ3n) is 3.21. The Kier molecular flexibility index (Phi) is 4.61. The van der Waals surface area contributed by atoms with Crippen molar-refractivity contribution in [1.29, 1.82) is 5.26 Å². The van der Waals surface area contributed by atoms with Gasteiger partial charge in [0.1, 0.15) is 16.8 Å². The van der Waals surface area contributed by atoms with Crippen LogP contribution in [0.1, 0.15) is 17.5 Å². The number of hydrogen-bond acceptors (Lipinski definition) is 4. The van der Waals surface area contributed by atoms with Crippen LogP contribution in [-0.4, -0.2) is 11.6 Å². The smallest absolute Gasteiger partial charge is 0.137 e. The van der Waals surface area contributed by atoms with E-state index >= 15 is 0 Å². The molecule has 0 N–H and O–H groups in total. The van der Waals surface area contributed by atoms with Gasteiger partial charge < -0.3 is 4.74 Å². The van der Waals surface area contributed by atoms with Crippen LogP contribution in [0.4, 0.5) is 0 Å². The van der Waals surface area contributed by atoms with E-state index in [1.54, 1.807) is 12.1 Å². The summed E-state index contributed by atoms with van der Waals surface area (Å²) < 4.78 is 6.48. The highest BCUT2D eigenvalue weighted by Gasteiger charge is 2.09. The second kappa shape index (κ2) is 6.82. The van der Waals surface area contributed by atoms with E-state index < -0.39 is 0 Å². The Morgan fingerprint density at radius 3 is 2.87 bits per heavy atom. The first-order valence-corrected chi connectivity index (χ1v) is 8.31. The number of hydrogen-bond donors (Lipinski definition) is 0. The number of ether oxygens (including phenoxy) is 1. The maximum absolute atomic E-state index is 9.46. The summed E-state index contributed by atoms with van der Waals surface area (Å²) in [6.07, 6.45) is 1.79.